The van der Waals surface area contributed by atoms with Crippen LogP contribution in [0.15, 0.2) is 18.2 Å². The zero-order chi connectivity index (χ0) is 14.0. The lowest BCUT2D eigenvalue weighted by atomic mass is 10.1. The van der Waals surface area contributed by atoms with Gasteiger partial charge in [0.25, 0.3) is 0 Å². The molecule has 4 heteroatoms. The Hall–Kier alpha value is -1.68. The molecular formula is C15H18N2OS. The van der Waals surface area contributed by atoms with Gasteiger partial charge in [-0.25, -0.2) is 4.98 Å². The number of para-hydroxylation sites is 1. The summed E-state index contributed by atoms with van der Waals surface area (Å²) in [6.45, 7) is 8.30. The average molecular weight is 274 g/mol. The van der Waals surface area contributed by atoms with Crippen LogP contribution < -0.4 is 5.32 Å². The first kappa shape index (κ1) is 13.7. The van der Waals surface area contributed by atoms with E-state index in [4.69, 9.17) is 0 Å². The number of hydrogen-bond acceptors (Lipinski definition) is 4. The Morgan fingerprint density at radius 3 is 2.42 bits per heavy atom. The first-order chi connectivity index (χ1) is 8.99. The molecule has 1 aromatic carbocycles. The molecule has 0 bridgehead atoms. The zero-order valence-electron chi connectivity index (χ0n) is 11.7. The normalized spacial score (nSPS) is 10.5. The third kappa shape index (κ3) is 3.01. The summed E-state index contributed by atoms with van der Waals surface area (Å²) in [6.07, 6.45) is 0. The van der Waals surface area contributed by atoms with Crippen molar-refractivity contribution in [3.05, 3.63) is 44.9 Å². The van der Waals surface area contributed by atoms with Crippen LogP contribution in [0.25, 0.3) is 0 Å². The fourth-order valence-corrected chi connectivity index (χ4v) is 3.01. The third-order valence-electron chi connectivity index (χ3n) is 3.06. The summed E-state index contributed by atoms with van der Waals surface area (Å²) < 4.78 is 0. The van der Waals surface area contributed by atoms with Gasteiger partial charge in [-0.05, 0) is 31.9 Å². The van der Waals surface area contributed by atoms with Crippen LogP contribution in [-0.4, -0.2) is 10.8 Å². The van der Waals surface area contributed by atoms with Crippen molar-refractivity contribution in [1.29, 1.82) is 0 Å². The predicted octanol–water partition coefficient (Wildman–Crippen LogP) is 3.88. The molecule has 2 aromatic rings. The number of aryl methyl sites for hydroxylation is 3. The number of Topliss-reactive ketones (excluding diaryl/α,β-unsaturated/α-hetero) is 1. The molecule has 1 aromatic heterocycles. The van der Waals surface area contributed by atoms with Crippen LogP contribution >= 0.6 is 11.3 Å². The Morgan fingerprint density at radius 1 is 1.26 bits per heavy atom. The Kier molecular flexibility index (Phi) is 4.00. The van der Waals surface area contributed by atoms with Crippen LogP contribution in [0.2, 0.25) is 0 Å². The van der Waals surface area contributed by atoms with E-state index >= 15 is 0 Å². The Labute approximate surface area is 117 Å². The second-order valence-electron chi connectivity index (χ2n) is 4.70. The molecule has 3 nitrogen and oxygen atoms in total. The van der Waals surface area contributed by atoms with Gasteiger partial charge >= 0.3 is 0 Å². The van der Waals surface area contributed by atoms with E-state index in [0.29, 0.717) is 6.54 Å². The number of ketones is 1. The Balaban J connectivity index is 2.15. The summed E-state index contributed by atoms with van der Waals surface area (Å²) in [5.41, 5.74) is 4.43. The molecule has 0 unspecified atom stereocenters. The second kappa shape index (κ2) is 5.53. The lowest BCUT2D eigenvalue weighted by molar-refractivity contribution is 0.102. The fraction of sp³-hybridized carbons (Fsp3) is 0.333. The minimum atomic E-state index is 0.0910. The van der Waals surface area contributed by atoms with Gasteiger partial charge in [0.1, 0.15) is 5.01 Å². The molecule has 0 spiro atoms. The smallest absolute Gasteiger partial charge is 0.171 e. The van der Waals surface area contributed by atoms with Crippen LogP contribution in [0.1, 0.15) is 38.4 Å². The molecule has 0 saturated heterocycles. The number of rotatable bonds is 4. The average Bonchev–Trinajstić information content (AvgIpc) is 2.70. The van der Waals surface area contributed by atoms with E-state index in [-0.39, 0.29) is 5.78 Å². The minimum Gasteiger partial charge on any atom is -0.378 e. The quantitative estimate of drug-likeness (QED) is 0.860. The minimum absolute atomic E-state index is 0.0910. The number of nitrogens with zero attached hydrogens (tertiary/aromatic N) is 1. The number of hydrogen-bond donors (Lipinski definition) is 1. The van der Waals surface area contributed by atoms with Crippen LogP contribution in [0.3, 0.4) is 0 Å². The van der Waals surface area contributed by atoms with Gasteiger partial charge in [0.2, 0.25) is 0 Å². The Morgan fingerprint density at radius 2 is 1.89 bits per heavy atom. The van der Waals surface area contributed by atoms with Crippen LogP contribution in [0.4, 0.5) is 5.69 Å². The summed E-state index contributed by atoms with van der Waals surface area (Å²) in [5.74, 6) is 0.0910. The van der Waals surface area contributed by atoms with Crippen molar-refractivity contribution in [2.75, 3.05) is 5.32 Å². The highest BCUT2D eigenvalue weighted by Gasteiger charge is 2.11. The number of aromatic nitrogens is 1. The molecule has 1 N–H and O–H groups in total. The highest BCUT2D eigenvalue weighted by Crippen LogP contribution is 2.23. The molecule has 0 aliphatic carbocycles. The van der Waals surface area contributed by atoms with Gasteiger partial charge < -0.3 is 5.32 Å². The van der Waals surface area contributed by atoms with Gasteiger partial charge in [-0.1, -0.05) is 18.2 Å². The van der Waals surface area contributed by atoms with Crippen molar-refractivity contribution in [2.24, 2.45) is 0 Å². The first-order valence-corrected chi connectivity index (χ1v) is 7.08. The topological polar surface area (TPSA) is 42.0 Å². The molecular weight excluding hydrogens is 256 g/mol. The summed E-state index contributed by atoms with van der Waals surface area (Å²) >= 11 is 1.48. The Bertz CT molecular complexity index is 596. The van der Waals surface area contributed by atoms with Crippen LogP contribution in [0.5, 0.6) is 0 Å². The number of thiazole rings is 1. The first-order valence-electron chi connectivity index (χ1n) is 6.26. The molecule has 2 rings (SSSR count). The molecule has 0 fully saturated rings. The molecule has 1 heterocycles. The largest absolute Gasteiger partial charge is 0.378 e. The molecule has 0 amide bonds. The number of nitrogens with one attached hydrogen (secondary N) is 1. The maximum atomic E-state index is 11.4. The van der Waals surface area contributed by atoms with Gasteiger partial charge in [0, 0.05) is 12.6 Å². The number of anilines is 1. The van der Waals surface area contributed by atoms with E-state index in [9.17, 15) is 4.79 Å². The number of carbonyl (C=O) groups excluding carboxylic acids is 1. The van der Waals surface area contributed by atoms with Gasteiger partial charge in [-0.15, -0.1) is 11.3 Å². The molecule has 0 atom stereocenters. The number of benzene rings is 1. The summed E-state index contributed by atoms with van der Waals surface area (Å²) in [7, 11) is 0. The summed E-state index contributed by atoms with van der Waals surface area (Å²) in [4.78, 5) is 16.6. The lowest BCUT2D eigenvalue weighted by Gasteiger charge is -2.11. The highest BCUT2D eigenvalue weighted by molar-refractivity contribution is 7.13. The van der Waals surface area contributed by atoms with Gasteiger partial charge in [0.15, 0.2) is 5.78 Å². The fourth-order valence-electron chi connectivity index (χ4n) is 2.11. The standard InChI is InChI=1S/C15H18N2OS/c1-9-6-5-7-10(2)14(9)16-8-13-17-11(3)15(19-13)12(4)18/h5-7,16H,8H2,1-4H3. The van der Waals surface area contributed by atoms with Crippen molar-refractivity contribution < 1.29 is 4.79 Å². The van der Waals surface area contributed by atoms with Crippen LogP contribution in [0, 0.1) is 20.8 Å². The van der Waals surface area contributed by atoms with E-state index in [0.717, 1.165) is 21.3 Å². The maximum absolute atomic E-state index is 11.4. The molecule has 0 aliphatic rings. The SMILES string of the molecule is CC(=O)c1sc(CNc2c(C)cccc2C)nc1C. The van der Waals surface area contributed by atoms with Crippen molar-refractivity contribution in [3.63, 3.8) is 0 Å². The van der Waals surface area contributed by atoms with E-state index in [1.165, 1.54) is 22.5 Å². The van der Waals surface area contributed by atoms with Crippen molar-refractivity contribution in [3.8, 4) is 0 Å². The summed E-state index contributed by atoms with van der Waals surface area (Å²) in [5, 5.41) is 4.36. The van der Waals surface area contributed by atoms with Crippen molar-refractivity contribution in [2.45, 2.75) is 34.2 Å². The van der Waals surface area contributed by atoms with Crippen molar-refractivity contribution >= 4 is 22.8 Å². The maximum Gasteiger partial charge on any atom is 0.171 e. The lowest BCUT2D eigenvalue weighted by Crippen LogP contribution is -2.02. The predicted molar refractivity (Wildman–Crippen MR) is 80.1 cm³/mol. The molecule has 0 saturated carbocycles. The number of carbonyl (C=O) groups is 1. The van der Waals surface area contributed by atoms with Crippen LogP contribution in [-0.2, 0) is 6.54 Å². The third-order valence-corrected chi connectivity index (χ3v) is 4.32. The summed E-state index contributed by atoms with van der Waals surface area (Å²) in [6, 6.07) is 6.23. The van der Waals surface area contributed by atoms with Crippen molar-refractivity contribution in [1.82, 2.24) is 4.98 Å². The molecule has 0 aliphatic heterocycles. The molecule has 19 heavy (non-hydrogen) atoms. The monoisotopic (exact) mass is 274 g/mol. The second-order valence-corrected chi connectivity index (χ2v) is 5.78. The molecule has 0 radical (unpaired) electrons. The van der Waals surface area contributed by atoms with E-state index < -0.39 is 0 Å². The van der Waals surface area contributed by atoms with Gasteiger partial charge in [-0.2, -0.15) is 0 Å². The van der Waals surface area contributed by atoms with Gasteiger partial charge in [0.05, 0.1) is 17.1 Å². The molecule has 100 valence electrons. The van der Waals surface area contributed by atoms with Gasteiger partial charge in [-0.3, -0.25) is 4.79 Å². The van der Waals surface area contributed by atoms with E-state index in [1.807, 2.05) is 6.92 Å². The highest BCUT2D eigenvalue weighted by atomic mass is 32.1. The van der Waals surface area contributed by atoms with E-state index in [1.54, 1.807) is 6.92 Å². The zero-order valence-corrected chi connectivity index (χ0v) is 12.5. The van der Waals surface area contributed by atoms with E-state index in [2.05, 4.69) is 42.3 Å².